The maximum Gasteiger partial charge on any atom is 0.192 e. The Labute approximate surface area is 199 Å². The summed E-state index contributed by atoms with van der Waals surface area (Å²) in [6.07, 6.45) is 17.7. The molecule has 184 valence electrons. The number of hydrogen-bond acceptors (Lipinski definition) is 3. The highest BCUT2D eigenvalue weighted by molar-refractivity contribution is 6.74. The van der Waals surface area contributed by atoms with Gasteiger partial charge in [-0.05, 0) is 75.4 Å². The van der Waals surface area contributed by atoms with E-state index in [0.717, 1.165) is 38.5 Å². The highest BCUT2D eigenvalue weighted by atomic mass is 28.4. The fourth-order valence-electron chi connectivity index (χ4n) is 5.11. The maximum atomic E-state index is 11.2. The molecule has 0 bridgehead atoms. The molecule has 1 fully saturated rings. The molecule has 0 aliphatic heterocycles. The second-order valence-corrected chi connectivity index (χ2v) is 16.7. The first-order valence-electron chi connectivity index (χ1n) is 13.2. The molecule has 0 aromatic rings. The van der Waals surface area contributed by atoms with Crippen molar-refractivity contribution in [3.05, 3.63) is 23.8 Å². The Hall–Kier alpha value is -0.713. The molecule has 1 saturated carbocycles. The van der Waals surface area contributed by atoms with Gasteiger partial charge in [-0.1, -0.05) is 70.8 Å². The molecule has 0 heterocycles. The minimum absolute atomic E-state index is 0.161. The normalized spacial score (nSPS) is 27.1. The molecule has 2 aliphatic carbocycles. The Morgan fingerprint density at radius 2 is 1.97 bits per heavy atom. The molecule has 0 aromatic carbocycles. The Bertz CT molecular complexity index is 658. The summed E-state index contributed by atoms with van der Waals surface area (Å²) in [6, 6.07) is 0. The van der Waals surface area contributed by atoms with Gasteiger partial charge < -0.3 is 14.3 Å². The monoisotopic (exact) mass is 462 g/mol. The first kappa shape index (κ1) is 27.5. The van der Waals surface area contributed by atoms with Gasteiger partial charge in [0.15, 0.2) is 8.32 Å². The van der Waals surface area contributed by atoms with Gasteiger partial charge in [-0.3, -0.25) is 0 Å². The van der Waals surface area contributed by atoms with Crippen molar-refractivity contribution in [1.82, 2.24) is 0 Å². The number of carbonyl (C=O) groups excluding carboxylic acids is 1. The zero-order chi connectivity index (χ0) is 23.9. The van der Waals surface area contributed by atoms with Gasteiger partial charge in [-0.2, -0.15) is 0 Å². The van der Waals surface area contributed by atoms with Crippen LogP contribution in [0.15, 0.2) is 23.8 Å². The van der Waals surface area contributed by atoms with E-state index in [1.54, 1.807) is 12.5 Å². The fraction of sp³-hybridized carbons (Fsp3) is 0.821. The van der Waals surface area contributed by atoms with Crippen LogP contribution in [0, 0.1) is 17.8 Å². The third kappa shape index (κ3) is 7.95. The van der Waals surface area contributed by atoms with Crippen LogP contribution in [0.25, 0.3) is 0 Å². The molecule has 3 nitrogen and oxygen atoms in total. The minimum Gasteiger partial charge on any atom is -0.411 e. The SMILES string of the molecule is CCCCC[C@H](/C=C/[C@@H]1[C@H]2CC(CCCCC(C)=O)=C[C@H]2C[C@H]1O)O[Si](C)(C)C(C)(C)C. The quantitative estimate of drug-likeness (QED) is 0.174. The molecule has 32 heavy (non-hydrogen) atoms. The van der Waals surface area contributed by atoms with Gasteiger partial charge in [-0.25, -0.2) is 0 Å². The zero-order valence-corrected chi connectivity index (χ0v) is 23.0. The maximum absolute atomic E-state index is 11.2. The molecule has 0 aromatic heterocycles. The third-order valence-corrected chi connectivity index (χ3v) is 12.6. The van der Waals surface area contributed by atoms with E-state index in [-0.39, 0.29) is 23.2 Å². The summed E-state index contributed by atoms with van der Waals surface area (Å²) in [4.78, 5) is 11.2. The van der Waals surface area contributed by atoms with Gasteiger partial charge in [0.25, 0.3) is 0 Å². The topological polar surface area (TPSA) is 46.5 Å². The highest BCUT2D eigenvalue weighted by Gasteiger charge is 2.43. The van der Waals surface area contributed by atoms with Gasteiger partial charge >= 0.3 is 0 Å². The van der Waals surface area contributed by atoms with Crippen molar-refractivity contribution in [1.29, 1.82) is 0 Å². The van der Waals surface area contributed by atoms with Crippen molar-refractivity contribution in [3.8, 4) is 0 Å². The molecule has 0 spiro atoms. The average molecular weight is 463 g/mol. The Morgan fingerprint density at radius 1 is 1.25 bits per heavy atom. The van der Waals surface area contributed by atoms with Crippen LogP contribution in [0.1, 0.15) is 98.8 Å². The van der Waals surface area contributed by atoms with Crippen molar-refractivity contribution in [2.75, 3.05) is 0 Å². The summed E-state index contributed by atoms with van der Waals surface area (Å²) in [7, 11) is -1.83. The molecule has 0 radical (unpaired) electrons. The van der Waals surface area contributed by atoms with Crippen LogP contribution >= 0.6 is 0 Å². The second kappa shape index (κ2) is 12.1. The second-order valence-electron chi connectivity index (χ2n) is 11.9. The number of hydrogen-bond donors (Lipinski definition) is 1. The van der Waals surface area contributed by atoms with Gasteiger partial charge in [0, 0.05) is 12.3 Å². The van der Waals surface area contributed by atoms with Gasteiger partial charge in [-0.15, -0.1) is 0 Å². The highest BCUT2D eigenvalue weighted by Crippen LogP contribution is 2.48. The predicted molar refractivity (Wildman–Crippen MR) is 138 cm³/mol. The number of aliphatic hydroxyl groups excluding tert-OH is 1. The smallest absolute Gasteiger partial charge is 0.192 e. The largest absolute Gasteiger partial charge is 0.411 e. The van der Waals surface area contributed by atoms with Crippen molar-refractivity contribution in [3.63, 3.8) is 0 Å². The van der Waals surface area contributed by atoms with E-state index < -0.39 is 8.32 Å². The summed E-state index contributed by atoms with van der Waals surface area (Å²) < 4.78 is 6.79. The van der Waals surface area contributed by atoms with E-state index in [9.17, 15) is 9.90 Å². The average Bonchev–Trinajstić information content (AvgIpc) is 3.18. The first-order chi connectivity index (χ1) is 14.9. The molecular formula is C28H50O3Si. The van der Waals surface area contributed by atoms with E-state index in [1.807, 2.05) is 0 Å². The molecule has 4 heteroatoms. The molecule has 0 unspecified atom stereocenters. The number of ketones is 1. The lowest BCUT2D eigenvalue weighted by Crippen LogP contribution is -2.43. The van der Waals surface area contributed by atoms with Crippen molar-refractivity contribution in [2.24, 2.45) is 17.8 Å². The van der Waals surface area contributed by atoms with Crippen LogP contribution in [0.5, 0.6) is 0 Å². The summed E-state index contributed by atoms with van der Waals surface area (Å²) in [5.74, 6) is 1.59. The molecule has 2 rings (SSSR count). The number of aliphatic hydroxyl groups is 1. The zero-order valence-electron chi connectivity index (χ0n) is 22.0. The predicted octanol–water partition coefficient (Wildman–Crippen LogP) is 7.61. The van der Waals surface area contributed by atoms with Crippen LogP contribution in [0.4, 0.5) is 0 Å². The number of allylic oxidation sites excluding steroid dienone is 2. The van der Waals surface area contributed by atoms with Crippen molar-refractivity contribution >= 4 is 14.1 Å². The van der Waals surface area contributed by atoms with Crippen molar-refractivity contribution < 1.29 is 14.3 Å². The van der Waals surface area contributed by atoms with Crippen LogP contribution in [-0.2, 0) is 9.22 Å². The minimum atomic E-state index is -1.83. The van der Waals surface area contributed by atoms with E-state index in [1.165, 1.54) is 19.3 Å². The van der Waals surface area contributed by atoms with Crippen LogP contribution < -0.4 is 0 Å². The summed E-state index contributed by atoms with van der Waals surface area (Å²) >= 11 is 0. The van der Waals surface area contributed by atoms with Gasteiger partial charge in [0.2, 0.25) is 0 Å². The molecule has 0 amide bonds. The lowest BCUT2D eigenvalue weighted by atomic mass is 9.88. The van der Waals surface area contributed by atoms with Crippen LogP contribution in [0.2, 0.25) is 18.1 Å². The molecule has 2 aliphatic rings. The summed E-state index contributed by atoms with van der Waals surface area (Å²) in [5, 5.41) is 11.0. The summed E-state index contributed by atoms with van der Waals surface area (Å²) in [6.45, 7) is 15.5. The number of Topliss-reactive ketones (excluding diaryl/α,β-unsaturated/α-hetero) is 1. The first-order valence-corrected chi connectivity index (χ1v) is 16.1. The standard InChI is InChI=1S/C28H50O3Si/c1-8-9-10-15-24(31-32(6,7)28(3,4)5)16-17-25-26-19-22(14-12-11-13-21(2)29)18-23(26)20-27(25)30/h16-18,23-27,30H,8-15,19-20H2,1-7H3/b17-16+/t23-,24+,25+,26-,27+/m0/s1. The Kier molecular flexibility index (Phi) is 10.4. The Balaban J connectivity index is 1.99. The third-order valence-electron chi connectivity index (χ3n) is 8.12. The van der Waals surface area contributed by atoms with E-state index in [0.29, 0.717) is 24.0 Å². The van der Waals surface area contributed by atoms with Gasteiger partial charge in [0.1, 0.15) is 5.78 Å². The van der Waals surface area contributed by atoms with E-state index in [4.69, 9.17) is 4.43 Å². The van der Waals surface area contributed by atoms with Crippen LogP contribution in [-0.4, -0.2) is 31.4 Å². The van der Waals surface area contributed by atoms with E-state index in [2.05, 4.69) is 59.0 Å². The Morgan fingerprint density at radius 3 is 2.59 bits per heavy atom. The molecule has 5 atom stereocenters. The number of fused-ring (bicyclic) bond motifs is 1. The number of carbonyl (C=O) groups is 1. The number of unbranched alkanes of at least 4 members (excludes halogenated alkanes) is 3. The van der Waals surface area contributed by atoms with Crippen molar-refractivity contribution in [2.45, 2.75) is 129 Å². The molecular weight excluding hydrogens is 412 g/mol. The van der Waals surface area contributed by atoms with Gasteiger partial charge in [0.05, 0.1) is 12.2 Å². The molecule has 0 saturated heterocycles. The van der Waals surface area contributed by atoms with Crippen LogP contribution in [0.3, 0.4) is 0 Å². The lowest BCUT2D eigenvalue weighted by Gasteiger charge is -2.39. The number of rotatable bonds is 13. The fourth-order valence-corrected chi connectivity index (χ4v) is 6.42. The summed E-state index contributed by atoms with van der Waals surface area (Å²) in [5.41, 5.74) is 1.55. The van der Waals surface area contributed by atoms with E-state index >= 15 is 0 Å². The lowest BCUT2D eigenvalue weighted by molar-refractivity contribution is -0.117. The molecule has 1 N–H and O–H groups in total.